The van der Waals surface area contributed by atoms with E-state index < -0.39 is 0 Å². The van der Waals surface area contributed by atoms with Gasteiger partial charge in [0, 0.05) is 18.3 Å². The topological polar surface area (TPSA) is 29.9 Å². The highest BCUT2D eigenvalue weighted by molar-refractivity contribution is 6.30. The minimum Gasteiger partial charge on any atom is -0.310 e. The molecule has 1 unspecified atom stereocenters. The van der Waals surface area contributed by atoms with Crippen LogP contribution in [0.1, 0.15) is 40.2 Å². The van der Waals surface area contributed by atoms with E-state index in [0.717, 1.165) is 13.0 Å². The van der Waals surface area contributed by atoms with Gasteiger partial charge in [-0.2, -0.15) is 5.10 Å². The predicted molar refractivity (Wildman–Crippen MR) is 64.3 cm³/mol. The first-order chi connectivity index (χ1) is 6.92. The summed E-state index contributed by atoms with van der Waals surface area (Å²) in [7, 11) is 0. The van der Waals surface area contributed by atoms with E-state index in [0.29, 0.717) is 11.1 Å². The van der Waals surface area contributed by atoms with Crippen molar-refractivity contribution in [1.29, 1.82) is 0 Å². The first-order valence-corrected chi connectivity index (χ1v) is 5.75. The number of nitrogens with one attached hydrogen (secondary N) is 1. The minimum absolute atomic E-state index is 0.143. The highest BCUT2D eigenvalue weighted by Crippen LogP contribution is 2.14. The first kappa shape index (κ1) is 12.5. The number of nitrogens with zero attached hydrogens (tertiary/aromatic N) is 2. The summed E-state index contributed by atoms with van der Waals surface area (Å²) >= 11 is 5.85. The van der Waals surface area contributed by atoms with Gasteiger partial charge in [-0.15, -0.1) is 0 Å². The Morgan fingerprint density at radius 1 is 1.53 bits per heavy atom. The number of halogens is 1. The van der Waals surface area contributed by atoms with Crippen molar-refractivity contribution in [2.75, 3.05) is 6.54 Å². The van der Waals surface area contributed by atoms with Gasteiger partial charge in [-0.3, -0.25) is 4.68 Å². The lowest BCUT2D eigenvalue weighted by atomic mass is 10.1. The number of aromatic nitrogens is 2. The van der Waals surface area contributed by atoms with Crippen LogP contribution in [-0.4, -0.2) is 21.9 Å². The molecular weight excluding hydrogens is 210 g/mol. The van der Waals surface area contributed by atoms with Gasteiger partial charge in [0.1, 0.15) is 0 Å². The quantitative estimate of drug-likeness (QED) is 0.861. The fourth-order valence-corrected chi connectivity index (χ4v) is 1.51. The van der Waals surface area contributed by atoms with E-state index in [9.17, 15) is 0 Å². The van der Waals surface area contributed by atoms with Gasteiger partial charge in [-0.1, -0.05) is 18.5 Å². The van der Waals surface area contributed by atoms with E-state index >= 15 is 0 Å². The van der Waals surface area contributed by atoms with Gasteiger partial charge in [0.25, 0.3) is 0 Å². The summed E-state index contributed by atoms with van der Waals surface area (Å²) in [5, 5.41) is 8.41. The fourth-order valence-electron chi connectivity index (χ4n) is 1.36. The Labute approximate surface area is 96.8 Å². The Morgan fingerprint density at radius 3 is 2.60 bits per heavy atom. The summed E-state index contributed by atoms with van der Waals surface area (Å²) in [6, 6.07) is 0.372. The second kappa shape index (κ2) is 4.99. The third-order valence-electron chi connectivity index (χ3n) is 2.28. The summed E-state index contributed by atoms with van der Waals surface area (Å²) in [5.41, 5.74) is 0.143. The molecule has 0 saturated heterocycles. The Kier molecular flexibility index (Phi) is 4.17. The maximum atomic E-state index is 5.85. The van der Waals surface area contributed by atoms with Gasteiger partial charge >= 0.3 is 0 Å². The second-order valence-corrected chi connectivity index (χ2v) is 5.27. The lowest BCUT2D eigenvalue weighted by molar-refractivity contribution is 0.345. The molecule has 0 saturated carbocycles. The molecule has 4 heteroatoms. The van der Waals surface area contributed by atoms with Crippen molar-refractivity contribution in [2.45, 2.75) is 45.7 Å². The lowest BCUT2D eigenvalue weighted by Crippen LogP contribution is -2.39. The van der Waals surface area contributed by atoms with Gasteiger partial charge in [0.15, 0.2) is 0 Å². The standard InChI is InChI=1S/C11H20ClN3/c1-5-10(7-13-11(2,3)4)15-8-9(12)6-14-15/h6,8,10,13H,5,7H2,1-4H3. The smallest absolute Gasteiger partial charge is 0.0785 e. The van der Waals surface area contributed by atoms with Crippen molar-refractivity contribution in [3.05, 3.63) is 17.4 Å². The van der Waals surface area contributed by atoms with Crippen molar-refractivity contribution in [1.82, 2.24) is 15.1 Å². The molecular formula is C11H20ClN3. The van der Waals surface area contributed by atoms with Gasteiger partial charge in [-0.25, -0.2) is 0 Å². The largest absolute Gasteiger partial charge is 0.310 e. The molecule has 0 radical (unpaired) electrons. The van der Waals surface area contributed by atoms with E-state index in [1.54, 1.807) is 6.20 Å². The minimum atomic E-state index is 0.143. The zero-order valence-electron chi connectivity index (χ0n) is 9.92. The Bertz CT molecular complexity index is 301. The molecule has 0 bridgehead atoms. The van der Waals surface area contributed by atoms with E-state index in [1.807, 2.05) is 10.9 Å². The summed E-state index contributed by atoms with van der Waals surface area (Å²) in [6.07, 6.45) is 4.60. The molecule has 0 spiro atoms. The zero-order chi connectivity index (χ0) is 11.5. The summed E-state index contributed by atoms with van der Waals surface area (Å²) in [5.74, 6) is 0. The van der Waals surface area contributed by atoms with E-state index in [-0.39, 0.29) is 5.54 Å². The van der Waals surface area contributed by atoms with Crippen molar-refractivity contribution < 1.29 is 0 Å². The van der Waals surface area contributed by atoms with Crippen LogP contribution in [0.25, 0.3) is 0 Å². The molecule has 0 aliphatic heterocycles. The van der Waals surface area contributed by atoms with Crippen molar-refractivity contribution >= 4 is 11.6 Å². The molecule has 1 atom stereocenters. The maximum absolute atomic E-state index is 5.85. The molecule has 1 aromatic heterocycles. The number of hydrogen-bond donors (Lipinski definition) is 1. The molecule has 1 aromatic rings. The first-order valence-electron chi connectivity index (χ1n) is 5.37. The lowest BCUT2D eigenvalue weighted by Gasteiger charge is -2.24. The van der Waals surface area contributed by atoms with Crippen molar-refractivity contribution in [2.24, 2.45) is 0 Å². The van der Waals surface area contributed by atoms with Crippen LogP contribution in [0.15, 0.2) is 12.4 Å². The van der Waals surface area contributed by atoms with Crippen LogP contribution in [0.4, 0.5) is 0 Å². The average molecular weight is 230 g/mol. The van der Waals surface area contributed by atoms with Gasteiger partial charge in [0.2, 0.25) is 0 Å². The van der Waals surface area contributed by atoms with Gasteiger partial charge < -0.3 is 5.32 Å². The fraction of sp³-hybridized carbons (Fsp3) is 0.727. The summed E-state index contributed by atoms with van der Waals surface area (Å²) in [4.78, 5) is 0. The zero-order valence-corrected chi connectivity index (χ0v) is 10.7. The van der Waals surface area contributed by atoms with E-state index in [4.69, 9.17) is 11.6 Å². The molecule has 1 rings (SSSR count). The number of rotatable bonds is 4. The Balaban J connectivity index is 2.57. The molecule has 0 aliphatic rings. The number of hydrogen-bond acceptors (Lipinski definition) is 2. The molecule has 15 heavy (non-hydrogen) atoms. The normalized spacial score (nSPS) is 14.2. The van der Waals surface area contributed by atoms with Crippen LogP contribution in [0.3, 0.4) is 0 Å². The van der Waals surface area contributed by atoms with Crippen LogP contribution in [0, 0.1) is 0 Å². The molecule has 0 fully saturated rings. The highest BCUT2D eigenvalue weighted by atomic mass is 35.5. The van der Waals surface area contributed by atoms with Crippen LogP contribution in [0.2, 0.25) is 5.02 Å². The molecule has 1 heterocycles. The molecule has 3 nitrogen and oxygen atoms in total. The van der Waals surface area contributed by atoms with Crippen LogP contribution >= 0.6 is 11.6 Å². The Hall–Kier alpha value is -0.540. The monoisotopic (exact) mass is 229 g/mol. The third kappa shape index (κ3) is 4.22. The van der Waals surface area contributed by atoms with E-state index in [1.165, 1.54) is 0 Å². The predicted octanol–water partition coefficient (Wildman–Crippen LogP) is 2.88. The highest BCUT2D eigenvalue weighted by Gasteiger charge is 2.14. The molecule has 0 amide bonds. The van der Waals surface area contributed by atoms with Crippen LogP contribution < -0.4 is 5.32 Å². The molecule has 0 aliphatic carbocycles. The summed E-state index contributed by atoms with van der Waals surface area (Å²) in [6.45, 7) is 9.56. The molecule has 1 N–H and O–H groups in total. The molecule has 86 valence electrons. The average Bonchev–Trinajstić information content (AvgIpc) is 2.51. The van der Waals surface area contributed by atoms with Crippen molar-refractivity contribution in [3.63, 3.8) is 0 Å². The van der Waals surface area contributed by atoms with Crippen LogP contribution in [-0.2, 0) is 0 Å². The van der Waals surface area contributed by atoms with Crippen LogP contribution in [0.5, 0.6) is 0 Å². The Morgan fingerprint density at radius 2 is 2.20 bits per heavy atom. The maximum Gasteiger partial charge on any atom is 0.0785 e. The van der Waals surface area contributed by atoms with E-state index in [2.05, 4.69) is 38.1 Å². The van der Waals surface area contributed by atoms with Gasteiger partial charge in [-0.05, 0) is 27.2 Å². The summed E-state index contributed by atoms with van der Waals surface area (Å²) < 4.78 is 1.93. The van der Waals surface area contributed by atoms with Crippen molar-refractivity contribution in [3.8, 4) is 0 Å². The van der Waals surface area contributed by atoms with Gasteiger partial charge in [0.05, 0.1) is 17.3 Å². The SMILES string of the molecule is CCC(CNC(C)(C)C)n1cc(Cl)cn1. The second-order valence-electron chi connectivity index (χ2n) is 4.83. The third-order valence-corrected chi connectivity index (χ3v) is 2.48. The molecule has 0 aromatic carbocycles.